The van der Waals surface area contributed by atoms with Gasteiger partial charge in [0.2, 0.25) is 11.8 Å². The number of benzene rings is 1. The van der Waals surface area contributed by atoms with Crippen LogP contribution in [0.3, 0.4) is 0 Å². The van der Waals surface area contributed by atoms with Crippen LogP contribution in [0.5, 0.6) is 0 Å². The van der Waals surface area contributed by atoms with Crippen molar-refractivity contribution in [3.63, 3.8) is 0 Å². The van der Waals surface area contributed by atoms with Gasteiger partial charge in [0.15, 0.2) is 0 Å². The van der Waals surface area contributed by atoms with E-state index in [0.29, 0.717) is 25.4 Å². The van der Waals surface area contributed by atoms with Crippen molar-refractivity contribution in [3.8, 4) is 0 Å². The predicted octanol–water partition coefficient (Wildman–Crippen LogP) is 3.16. The molecule has 1 saturated heterocycles. The molecule has 2 amide bonds. The van der Waals surface area contributed by atoms with Gasteiger partial charge in [0.1, 0.15) is 5.82 Å². The van der Waals surface area contributed by atoms with Gasteiger partial charge in [-0.1, -0.05) is 25.5 Å². The normalized spacial score (nSPS) is 30.5. The Hall–Kier alpha value is -1.91. The summed E-state index contributed by atoms with van der Waals surface area (Å²) in [5, 5.41) is 3.20. The number of carbonyl (C=O) groups excluding carboxylic acids is 2. The van der Waals surface area contributed by atoms with E-state index in [1.54, 1.807) is 6.07 Å². The summed E-state index contributed by atoms with van der Waals surface area (Å²) in [6.07, 6.45) is 6.14. The zero-order valence-electron chi connectivity index (χ0n) is 16.0. The van der Waals surface area contributed by atoms with Gasteiger partial charge in [-0.2, -0.15) is 0 Å². The molecule has 27 heavy (non-hydrogen) atoms. The third-order valence-corrected chi connectivity index (χ3v) is 6.77. The lowest BCUT2D eigenvalue weighted by Crippen LogP contribution is -2.43. The van der Waals surface area contributed by atoms with Crippen LogP contribution in [-0.2, 0) is 16.0 Å². The molecule has 0 spiro atoms. The molecule has 5 heteroatoms. The SMILES string of the molecule is CC(Cc1cccc(F)c1)C(=O)N1CC[C@H](NC(=O)[C@@H]2C[C@@H]3CC[C@H]2C3)C1. The summed E-state index contributed by atoms with van der Waals surface area (Å²) in [5.41, 5.74) is 0.844. The monoisotopic (exact) mass is 372 g/mol. The molecule has 3 fully saturated rings. The number of amides is 2. The number of nitrogens with zero attached hydrogens (tertiary/aromatic N) is 1. The number of carbonyl (C=O) groups is 2. The Balaban J connectivity index is 1.27. The van der Waals surface area contributed by atoms with E-state index in [1.807, 2.05) is 17.9 Å². The summed E-state index contributed by atoms with van der Waals surface area (Å²) in [6.45, 7) is 3.18. The molecule has 1 unspecified atom stereocenters. The van der Waals surface area contributed by atoms with Crippen molar-refractivity contribution >= 4 is 11.8 Å². The smallest absolute Gasteiger partial charge is 0.225 e. The van der Waals surface area contributed by atoms with Crippen LogP contribution < -0.4 is 5.32 Å². The molecule has 0 aromatic heterocycles. The maximum atomic E-state index is 13.3. The van der Waals surface area contributed by atoms with Crippen molar-refractivity contribution in [1.82, 2.24) is 10.2 Å². The molecule has 4 rings (SSSR count). The molecule has 0 radical (unpaired) electrons. The van der Waals surface area contributed by atoms with Crippen LogP contribution in [0, 0.1) is 29.5 Å². The highest BCUT2D eigenvalue weighted by molar-refractivity contribution is 5.81. The second-order valence-electron chi connectivity index (χ2n) is 8.79. The number of nitrogens with one attached hydrogen (secondary N) is 1. The van der Waals surface area contributed by atoms with E-state index in [2.05, 4.69) is 5.32 Å². The summed E-state index contributed by atoms with van der Waals surface area (Å²) in [6, 6.07) is 6.52. The number of hydrogen-bond acceptors (Lipinski definition) is 2. The topological polar surface area (TPSA) is 49.4 Å². The highest BCUT2D eigenvalue weighted by atomic mass is 19.1. The minimum absolute atomic E-state index is 0.0712. The summed E-state index contributed by atoms with van der Waals surface area (Å²) >= 11 is 0. The number of rotatable bonds is 5. The molecule has 2 bridgehead atoms. The van der Waals surface area contributed by atoms with Gasteiger partial charge < -0.3 is 10.2 Å². The molecule has 3 aliphatic rings. The Morgan fingerprint density at radius 2 is 2.11 bits per heavy atom. The molecule has 1 aromatic rings. The first-order chi connectivity index (χ1) is 13.0. The number of hydrogen-bond donors (Lipinski definition) is 1. The molecule has 1 heterocycles. The second kappa shape index (κ2) is 7.61. The fraction of sp³-hybridized carbons (Fsp3) is 0.636. The van der Waals surface area contributed by atoms with Crippen molar-refractivity contribution in [2.75, 3.05) is 13.1 Å². The number of fused-ring (bicyclic) bond motifs is 2. The van der Waals surface area contributed by atoms with E-state index in [-0.39, 0.29) is 35.5 Å². The molecule has 1 aliphatic heterocycles. The van der Waals surface area contributed by atoms with Crippen LogP contribution in [0.1, 0.15) is 44.6 Å². The minimum atomic E-state index is -0.267. The summed E-state index contributed by atoms with van der Waals surface area (Å²) < 4.78 is 13.3. The van der Waals surface area contributed by atoms with Crippen molar-refractivity contribution in [2.24, 2.45) is 23.7 Å². The highest BCUT2D eigenvalue weighted by Crippen LogP contribution is 2.48. The molecule has 146 valence electrons. The second-order valence-corrected chi connectivity index (χ2v) is 8.79. The van der Waals surface area contributed by atoms with E-state index in [9.17, 15) is 14.0 Å². The van der Waals surface area contributed by atoms with Crippen molar-refractivity contribution < 1.29 is 14.0 Å². The molecular weight excluding hydrogens is 343 g/mol. The van der Waals surface area contributed by atoms with E-state index in [4.69, 9.17) is 0 Å². The van der Waals surface area contributed by atoms with Crippen LogP contribution in [-0.4, -0.2) is 35.8 Å². The van der Waals surface area contributed by atoms with Crippen LogP contribution in [0.25, 0.3) is 0 Å². The first-order valence-electron chi connectivity index (χ1n) is 10.3. The zero-order valence-corrected chi connectivity index (χ0v) is 16.0. The summed E-state index contributed by atoms with van der Waals surface area (Å²) in [4.78, 5) is 27.2. The standard InChI is InChI=1S/C22H29FN2O2/c1-14(9-15-3-2-4-18(23)11-15)22(27)25-8-7-19(13-25)24-21(26)20-12-16-5-6-17(20)10-16/h2-4,11,14,16-17,19-20H,5-10,12-13H2,1H3,(H,24,26)/t14?,16-,17+,19+,20-/m1/s1. The maximum Gasteiger partial charge on any atom is 0.225 e. The minimum Gasteiger partial charge on any atom is -0.351 e. The van der Waals surface area contributed by atoms with Crippen LogP contribution >= 0.6 is 0 Å². The number of halogens is 1. The highest BCUT2D eigenvalue weighted by Gasteiger charge is 2.43. The van der Waals surface area contributed by atoms with Crippen LogP contribution in [0.15, 0.2) is 24.3 Å². The lowest BCUT2D eigenvalue weighted by atomic mass is 9.88. The Morgan fingerprint density at radius 1 is 1.26 bits per heavy atom. The van der Waals surface area contributed by atoms with Crippen LogP contribution in [0.4, 0.5) is 4.39 Å². The predicted molar refractivity (Wildman–Crippen MR) is 101 cm³/mol. The van der Waals surface area contributed by atoms with Gasteiger partial charge >= 0.3 is 0 Å². The third-order valence-electron chi connectivity index (χ3n) is 6.77. The fourth-order valence-corrected chi connectivity index (χ4v) is 5.37. The first-order valence-corrected chi connectivity index (χ1v) is 10.3. The van der Waals surface area contributed by atoms with Gasteiger partial charge in [0.25, 0.3) is 0 Å². The average Bonchev–Trinajstić information content (AvgIpc) is 3.38. The lowest BCUT2D eigenvalue weighted by Gasteiger charge is -2.24. The lowest BCUT2D eigenvalue weighted by molar-refractivity contribution is -0.134. The van der Waals surface area contributed by atoms with E-state index in [1.165, 1.54) is 31.4 Å². The zero-order chi connectivity index (χ0) is 19.0. The van der Waals surface area contributed by atoms with Crippen molar-refractivity contribution in [3.05, 3.63) is 35.6 Å². The largest absolute Gasteiger partial charge is 0.351 e. The Kier molecular flexibility index (Phi) is 5.20. The van der Waals surface area contributed by atoms with Gasteiger partial charge in [-0.15, -0.1) is 0 Å². The number of likely N-dealkylation sites (tertiary alicyclic amines) is 1. The van der Waals surface area contributed by atoms with E-state index >= 15 is 0 Å². The fourth-order valence-electron chi connectivity index (χ4n) is 5.37. The van der Waals surface area contributed by atoms with Gasteiger partial charge in [-0.3, -0.25) is 9.59 Å². The van der Waals surface area contributed by atoms with Gasteiger partial charge in [0, 0.05) is 31.0 Å². The molecule has 1 N–H and O–H groups in total. The average molecular weight is 372 g/mol. The quantitative estimate of drug-likeness (QED) is 0.863. The van der Waals surface area contributed by atoms with Gasteiger partial charge in [-0.25, -0.2) is 4.39 Å². The van der Waals surface area contributed by atoms with Crippen LogP contribution in [0.2, 0.25) is 0 Å². The Bertz CT molecular complexity index is 722. The maximum absolute atomic E-state index is 13.3. The molecule has 2 saturated carbocycles. The van der Waals surface area contributed by atoms with Crippen molar-refractivity contribution in [1.29, 1.82) is 0 Å². The molecule has 5 atom stereocenters. The molecule has 2 aliphatic carbocycles. The van der Waals surface area contributed by atoms with Crippen molar-refractivity contribution in [2.45, 2.75) is 51.5 Å². The summed E-state index contributed by atoms with van der Waals surface area (Å²) in [5.74, 6) is 1.38. The van der Waals surface area contributed by atoms with E-state index in [0.717, 1.165) is 24.3 Å². The van der Waals surface area contributed by atoms with Gasteiger partial charge in [0.05, 0.1) is 0 Å². The molecule has 1 aromatic carbocycles. The molecular formula is C22H29FN2O2. The molecule has 4 nitrogen and oxygen atoms in total. The Labute approximate surface area is 160 Å². The van der Waals surface area contributed by atoms with E-state index < -0.39 is 0 Å². The summed E-state index contributed by atoms with van der Waals surface area (Å²) in [7, 11) is 0. The Morgan fingerprint density at radius 3 is 2.81 bits per heavy atom. The van der Waals surface area contributed by atoms with Gasteiger partial charge in [-0.05, 0) is 61.6 Å². The first kappa shape index (κ1) is 18.5. The third kappa shape index (κ3) is 4.02.